The zero-order valence-electron chi connectivity index (χ0n) is 16.2. The predicted octanol–water partition coefficient (Wildman–Crippen LogP) is 5.34. The van der Waals surface area contributed by atoms with Crippen molar-refractivity contribution in [3.8, 4) is 11.1 Å². The van der Waals surface area contributed by atoms with E-state index in [1.54, 1.807) is 12.1 Å². The standard InChI is InChI=1S/C25H25FO2/c1-2-14-3-8-18(15-9-11-19(26)12-10-15)13-20(14)23-24(27)21-16-4-5-17(7-6-16)22(21)25(23)28/h3,8-13,16-17,21-23H,2,4-7H2,1H3/t16?,17?,21-,22+,23?. The number of aryl methyl sites for hydroxylation is 1. The lowest BCUT2D eigenvalue weighted by Gasteiger charge is -2.43. The molecule has 4 aliphatic carbocycles. The van der Waals surface area contributed by atoms with Crippen molar-refractivity contribution in [3.63, 3.8) is 0 Å². The van der Waals surface area contributed by atoms with Gasteiger partial charge in [-0.05, 0) is 84.4 Å². The molecular weight excluding hydrogens is 351 g/mol. The number of ketones is 2. The second kappa shape index (κ2) is 6.65. The number of benzene rings is 2. The van der Waals surface area contributed by atoms with Gasteiger partial charge in [0.05, 0.1) is 0 Å². The first-order chi connectivity index (χ1) is 13.6. The van der Waals surface area contributed by atoms with Gasteiger partial charge in [-0.2, -0.15) is 0 Å². The van der Waals surface area contributed by atoms with Gasteiger partial charge in [-0.1, -0.05) is 31.2 Å². The van der Waals surface area contributed by atoms with Crippen LogP contribution in [0.5, 0.6) is 0 Å². The Morgan fingerprint density at radius 1 is 0.821 bits per heavy atom. The zero-order chi connectivity index (χ0) is 19.4. The third-order valence-electron chi connectivity index (χ3n) is 7.46. The van der Waals surface area contributed by atoms with Crippen LogP contribution in [0.1, 0.15) is 49.7 Å². The molecule has 0 N–H and O–H groups in total. The van der Waals surface area contributed by atoms with Crippen molar-refractivity contribution >= 4 is 11.6 Å². The van der Waals surface area contributed by atoms with Gasteiger partial charge in [-0.3, -0.25) is 9.59 Å². The molecule has 0 aromatic heterocycles. The third-order valence-corrected chi connectivity index (χ3v) is 7.46. The summed E-state index contributed by atoms with van der Waals surface area (Å²) in [5, 5.41) is 0. The van der Waals surface area contributed by atoms with Crippen LogP contribution in [0.3, 0.4) is 0 Å². The minimum absolute atomic E-state index is 0.0517. The molecule has 4 aliphatic rings. The average molecular weight is 376 g/mol. The highest BCUT2D eigenvalue weighted by Gasteiger charge is 2.59. The van der Waals surface area contributed by atoms with Gasteiger partial charge in [0.15, 0.2) is 11.6 Å². The van der Waals surface area contributed by atoms with Gasteiger partial charge in [-0.15, -0.1) is 0 Å². The number of fused-ring (bicyclic) bond motifs is 2. The minimum Gasteiger partial charge on any atom is -0.298 e. The van der Waals surface area contributed by atoms with Crippen molar-refractivity contribution < 1.29 is 14.0 Å². The summed E-state index contributed by atoms with van der Waals surface area (Å²) >= 11 is 0. The zero-order valence-corrected chi connectivity index (χ0v) is 16.2. The Balaban J connectivity index is 1.58. The number of carbonyl (C=O) groups excluding carboxylic acids is 2. The van der Waals surface area contributed by atoms with Crippen LogP contribution >= 0.6 is 0 Å². The Morgan fingerprint density at radius 2 is 1.36 bits per heavy atom. The molecule has 2 aromatic rings. The smallest absolute Gasteiger partial charge is 0.151 e. The molecule has 0 radical (unpaired) electrons. The van der Waals surface area contributed by atoms with E-state index >= 15 is 0 Å². The molecule has 0 saturated heterocycles. The summed E-state index contributed by atoms with van der Waals surface area (Å²) < 4.78 is 13.3. The van der Waals surface area contributed by atoms with Gasteiger partial charge in [0.25, 0.3) is 0 Å². The Bertz CT molecular complexity index is 908. The van der Waals surface area contributed by atoms with Crippen LogP contribution in [-0.4, -0.2) is 11.6 Å². The van der Waals surface area contributed by atoms with E-state index < -0.39 is 5.92 Å². The lowest BCUT2D eigenvalue weighted by atomic mass is 9.59. The number of hydrogen-bond acceptors (Lipinski definition) is 2. The van der Waals surface area contributed by atoms with E-state index in [1.807, 2.05) is 18.2 Å². The minimum atomic E-state index is -0.605. The van der Waals surface area contributed by atoms with Gasteiger partial charge in [0.1, 0.15) is 11.7 Å². The fourth-order valence-corrected chi connectivity index (χ4v) is 6.11. The lowest BCUT2D eigenvalue weighted by molar-refractivity contribution is -0.129. The fourth-order valence-electron chi connectivity index (χ4n) is 6.11. The summed E-state index contributed by atoms with van der Waals surface area (Å²) in [7, 11) is 0. The molecule has 4 saturated carbocycles. The van der Waals surface area contributed by atoms with Crippen LogP contribution < -0.4 is 0 Å². The molecule has 2 nitrogen and oxygen atoms in total. The summed E-state index contributed by atoms with van der Waals surface area (Å²) in [6.45, 7) is 2.07. The summed E-state index contributed by atoms with van der Waals surface area (Å²) in [4.78, 5) is 26.9. The van der Waals surface area contributed by atoms with Crippen LogP contribution in [-0.2, 0) is 16.0 Å². The maximum absolute atomic E-state index is 13.4. The molecule has 6 rings (SSSR count). The van der Waals surface area contributed by atoms with Gasteiger partial charge in [0.2, 0.25) is 0 Å². The van der Waals surface area contributed by atoms with E-state index in [0.717, 1.165) is 54.4 Å². The Hall–Kier alpha value is -2.29. The van der Waals surface area contributed by atoms with Crippen molar-refractivity contribution in [1.29, 1.82) is 0 Å². The lowest BCUT2D eigenvalue weighted by Crippen LogP contribution is -2.41. The van der Waals surface area contributed by atoms with Gasteiger partial charge in [0, 0.05) is 11.8 Å². The van der Waals surface area contributed by atoms with E-state index in [9.17, 15) is 14.0 Å². The molecule has 4 fully saturated rings. The molecule has 144 valence electrons. The molecule has 3 atom stereocenters. The first-order valence-electron chi connectivity index (χ1n) is 10.5. The van der Waals surface area contributed by atoms with E-state index in [1.165, 1.54) is 12.1 Å². The quantitative estimate of drug-likeness (QED) is 0.677. The van der Waals surface area contributed by atoms with Crippen molar-refractivity contribution in [3.05, 3.63) is 59.4 Å². The van der Waals surface area contributed by atoms with E-state index in [-0.39, 0.29) is 29.2 Å². The monoisotopic (exact) mass is 376 g/mol. The molecule has 0 spiro atoms. The van der Waals surface area contributed by atoms with Crippen molar-refractivity contribution in [1.82, 2.24) is 0 Å². The number of hydrogen-bond donors (Lipinski definition) is 0. The van der Waals surface area contributed by atoms with E-state index in [4.69, 9.17) is 0 Å². The summed E-state index contributed by atoms with van der Waals surface area (Å²) in [5.74, 6) is 0.157. The second-order valence-corrected chi connectivity index (χ2v) is 8.74. The van der Waals surface area contributed by atoms with Crippen molar-refractivity contribution in [2.24, 2.45) is 23.7 Å². The van der Waals surface area contributed by atoms with Crippen LogP contribution in [0.15, 0.2) is 42.5 Å². The Morgan fingerprint density at radius 3 is 1.89 bits per heavy atom. The average Bonchev–Trinajstić information content (AvgIpc) is 3.01. The maximum atomic E-state index is 13.4. The fraction of sp³-hybridized carbons (Fsp3) is 0.440. The topological polar surface area (TPSA) is 34.1 Å². The second-order valence-electron chi connectivity index (χ2n) is 8.74. The first kappa shape index (κ1) is 17.8. The number of carbonyl (C=O) groups is 2. The molecule has 0 amide bonds. The number of rotatable bonds is 3. The van der Waals surface area contributed by atoms with Crippen LogP contribution in [0.25, 0.3) is 11.1 Å². The first-order valence-corrected chi connectivity index (χ1v) is 10.5. The molecular formula is C25H25FO2. The molecule has 0 aliphatic heterocycles. The van der Waals surface area contributed by atoms with Crippen molar-refractivity contribution in [2.45, 2.75) is 44.9 Å². The largest absolute Gasteiger partial charge is 0.298 e. The SMILES string of the molecule is CCc1ccc(-c2ccc(F)cc2)cc1C1C(=O)[C@@H]2C3CCC(CC3)[C@@H]2C1=O. The van der Waals surface area contributed by atoms with Crippen LogP contribution in [0.2, 0.25) is 0 Å². The summed E-state index contributed by atoms with van der Waals surface area (Å²) in [6, 6.07) is 12.4. The molecule has 1 unspecified atom stereocenters. The van der Waals surface area contributed by atoms with Gasteiger partial charge >= 0.3 is 0 Å². The number of halogens is 1. The van der Waals surface area contributed by atoms with Gasteiger partial charge < -0.3 is 0 Å². The molecule has 3 heteroatoms. The molecule has 2 bridgehead atoms. The Kier molecular flexibility index (Phi) is 4.22. The van der Waals surface area contributed by atoms with E-state index in [0.29, 0.717) is 11.8 Å². The molecule has 28 heavy (non-hydrogen) atoms. The van der Waals surface area contributed by atoms with Crippen LogP contribution in [0, 0.1) is 29.5 Å². The highest BCUT2D eigenvalue weighted by Crippen LogP contribution is 2.56. The molecule has 2 aromatic carbocycles. The third kappa shape index (κ3) is 2.59. The molecule has 0 heterocycles. The highest BCUT2D eigenvalue weighted by molar-refractivity contribution is 6.16. The summed E-state index contributed by atoms with van der Waals surface area (Å²) in [6.07, 6.45) is 5.21. The van der Waals surface area contributed by atoms with Gasteiger partial charge in [-0.25, -0.2) is 4.39 Å². The van der Waals surface area contributed by atoms with Crippen LogP contribution in [0.4, 0.5) is 4.39 Å². The summed E-state index contributed by atoms with van der Waals surface area (Å²) in [5.41, 5.74) is 3.79. The highest BCUT2D eigenvalue weighted by atomic mass is 19.1. The van der Waals surface area contributed by atoms with Crippen molar-refractivity contribution in [2.75, 3.05) is 0 Å². The normalized spacial score (nSPS) is 31.3. The Labute approximate surface area is 165 Å². The predicted molar refractivity (Wildman–Crippen MR) is 106 cm³/mol. The number of Topliss-reactive ketones (excluding diaryl/α,β-unsaturated/α-hetero) is 2. The maximum Gasteiger partial charge on any atom is 0.151 e. The van der Waals surface area contributed by atoms with E-state index in [2.05, 4.69) is 6.92 Å².